The van der Waals surface area contributed by atoms with Crippen LogP contribution in [0.25, 0.3) is 5.57 Å². The molecule has 0 spiro atoms. The lowest BCUT2D eigenvalue weighted by Crippen LogP contribution is -2.27. The van der Waals surface area contributed by atoms with E-state index in [2.05, 4.69) is 5.32 Å². The van der Waals surface area contributed by atoms with Crippen molar-refractivity contribution < 1.29 is 23.5 Å². The van der Waals surface area contributed by atoms with Gasteiger partial charge in [0.1, 0.15) is 23.0 Å². The molecule has 7 heteroatoms. The van der Waals surface area contributed by atoms with Crippen LogP contribution in [0.15, 0.2) is 48.2 Å². The highest BCUT2D eigenvalue weighted by Gasteiger charge is 2.37. The quantitative estimate of drug-likeness (QED) is 0.835. The molecule has 2 amide bonds. The van der Waals surface area contributed by atoms with Gasteiger partial charge in [-0.2, -0.15) is 0 Å². The minimum atomic E-state index is -0.479. The van der Waals surface area contributed by atoms with Crippen molar-refractivity contribution >= 4 is 23.1 Å². The van der Waals surface area contributed by atoms with Crippen LogP contribution in [0.4, 0.5) is 10.1 Å². The zero-order chi connectivity index (χ0) is 18.8. The summed E-state index contributed by atoms with van der Waals surface area (Å²) in [5.41, 5.74) is 1.23. The van der Waals surface area contributed by atoms with Gasteiger partial charge in [0.25, 0.3) is 11.8 Å². The fourth-order valence-corrected chi connectivity index (χ4v) is 2.68. The van der Waals surface area contributed by atoms with Gasteiger partial charge in [0, 0.05) is 13.1 Å². The first kappa shape index (κ1) is 17.5. The first-order chi connectivity index (χ1) is 12.5. The maximum absolute atomic E-state index is 13.2. The zero-order valence-electron chi connectivity index (χ0n) is 14.5. The molecule has 134 valence electrons. The fourth-order valence-electron chi connectivity index (χ4n) is 2.68. The van der Waals surface area contributed by atoms with Crippen LogP contribution in [0.5, 0.6) is 11.5 Å². The lowest BCUT2D eigenvalue weighted by molar-refractivity contribution is -0.135. The molecule has 0 atom stereocenters. The Hall–Kier alpha value is -3.35. The van der Waals surface area contributed by atoms with Crippen molar-refractivity contribution in [2.24, 2.45) is 0 Å². The van der Waals surface area contributed by atoms with Gasteiger partial charge in [-0.25, -0.2) is 4.39 Å². The number of amides is 2. The van der Waals surface area contributed by atoms with Crippen molar-refractivity contribution in [3.8, 4) is 11.5 Å². The van der Waals surface area contributed by atoms with Crippen LogP contribution in [0.3, 0.4) is 0 Å². The third-order valence-corrected chi connectivity index (χ3v) is 4.09. The highest BCUT2D eigenvalue weighted by molar-refractivity contribution is 6.36. The van der Waals surface area contributed by atoms with E-state index in [4.69, 9.17) is 9.47 Å². The largest absolute Gasteiger partial charge is 0.497 e. The van der Waals surface area contributed by atoms with Gasteiger partial charge in [0.05, 0.1) is 25.5 Å². The van der Waals surface area contributed by atoms with Gasteiger partial charge in [-0.3, -0.25) is 14.5 Å². The molecule has 1 N–H and O–H groups in total. The number of rotatable bonds is 5. The van der Waals surface area contributed by atoms with Gasteiger partial charge in [-0.15, -0.1) is 0 Å². The summed E-state index contributed by atoms with van der Waals surface area (Å²) in [4.78, 5) is 26.1. The number of carbonyl (C=O) groups excluding carboxylic acids is 2. The molecule has 0 fully saturated rings. The third-order valence-electron chi connectivity index (χ3n) is 4.09. The molecule has 1 heterocycles. The number of hydrogen-bond acceptors (Lipinski definition) is 5. The van der Waals surface area contributed by atoms with Crippen LogP contribution in [0, 0.1) is 5.82 Å². The lowest BCUT2D eigenvalue weighted by Gasteiger charge is -2.13. The number of halogens is 1. The zero-order valence-corrected chi connectivity index (χ0v) is 14.5. The minimum absolute atomic E-state index is 0.104. The van der Waals surface area contributed by atoms with Gasteiger partial charge in [0.2, 0.25) is 0 Å². The van der Waals surface area contributed by atoms with E-state index in [9.17, 15) is 14.0 Å². The van der Waals surface area contributed by atoms with Gasteiger partial charge >= 0.3 is 0 Å². The molecule has 0 unspecified atom stereocenters. The predicted molar refractivity (Wildman–Crippen MR) is 94.3 cm³/mol. The Morgan fingerprint density at radius 3 is 2.27 bits per heavy atom. The minimum Gasteiger partial charge on any atom is -0.497 e. The monoisotopic (exact) mass is 356 g/mol. The highest BCUT2D eigenvalue weighted by atomic mass is 19.1. The Bertz CT molecular complexity index is 906. The predicted octanol–water partition coefficient (Wildman–Crippen LogP) is 2.66. The molecule has 3 rings (SSSR count). The Labute approximate surface area is 149 Å². The number of nitrogens with one attached hydrogen (secondary N) is 1. The first-order valence-electron chi connectivity index (χ1n) is 7.78. The summed E-state index contributed by atoms with van der Waals surface area (Å²) in [7, 11) is 4.42. The van der Waals surface area contributed by atoms with E-state index in [1.165, 1.54) is 45.5 Å². The first-order valence-corrected chi connectivity index (χ1v) is 7.78. The number of methoxy groups -OCH3 is 2. The Morgan fingerprint density at radius 2 is 1.65 bits per heavy atom. The van der Waals surface area contributed by atoms with Crippen molar-refractivity contribution in [3.05, 3.63) is 59.5 Å². The molecule has 1 aliphatic heterocycles. The second-order valence-electron chi connectivity index (χ2n) is 5.62. The topological polar surface area (TPSA) is 67.9 Å². The average molecular weight is 356 g/mol. The molecule has 2 aromatic rings. The molecule has 0 bridgehead atoms. The molecule has 6 nitrogen and oxygen atoms in total. The number of benzene rings is 2. The number of hydrogen-bond donors (Lipinski definition) is 1. The maximum Gasteiger partial charge on any atom is 0.277 e. The molecule has 0 aliphatic carbocycles. The van der Waals surface area contributed by atoms with E-state index in [0.717, 1.165) is 4.90 Å². The Morgan fingerprint density at radius 1 is 0.962 bits per heavy atom. The van der Waals surface area contributed by atoms with Crippen LogP contribution < -0.4 is 14.8 Å². The maximum atomic E-state index is 13.2. The summed E-state index contributed by atoms with van der Waals surface area (Å²) in [6.07, 6.45) is 0. The fraction of sp³-hybridized carbons (Fsp3) is 0.158. The van der Waals surface area contributed by atoms with Crippen LogP contribution in [0.1, 0.15) is 5.56 Å². The van der Waals surface area contributed by atoms with Gasteiger partial charge < -0.3 is 14.8 Å². The lowest BCUT2D eigenvalue weighted by atomic mass is 10.0. The normalized spacial score (nSPS) is 14.1. The highest BCUT2D eigenvalue weighted by Crippen LogP contribution is 2.34. The smallest absolute Gasteiger partial charge is 0.277 e. The van der Waals surface area contributed by atoms with E-state index >= 15 is 0 Å². The second kappa shape index (κ2) is 6.87. The molecular weight excluding hydrogens is 339 g/mol. The van der Waals surface area contributed by atoms with E-state index in [-0.39, 0.29) is 11.3 Å². The molecule has 26 heavy (non-hydrogen) atoms. The van der Waals surface area contributed by atoms with Crippen molar-refractivity contribution in [3.63, 3.8) is 0 Å². The molecule has 0 aromatic heterocycles. The Kier molecular flexibility index (Phi) is 4.62. The van der Waals surface area contributed by atoms with E-state index < -0.39 is 17.6 Å². The summed E-state index contributed by atoms with van der Waals surface area (Å²) < 4.78 is 23.7. The van der Waals surface area contributed by atoms with Gasteiger partial charge in [-0.1, -0.05) is 12.1 Å². The third kappa shape index (κ3) is 2.99. The molecular formula is C19H17FN2O4. The number of likely N-dealkylation sites (N-methyl/N-ethyl adjacent to an activating group) is 1. The second-order valence-corrected chi connectivity index (χ2v) is 5.62. The summed E-state index contributed by atoms with van der Waals surface area (Å²) in [6, 6.07) is 10.4. The summed E-state index contributed by atoms with van der Waals surface area (Å²) in [5.74, 6) is -0.328. The van der Waals surface area contributed by atoms with Gasteiger partial charge in [-0.05, 0) is 29.8 Å². The van der Waals surface area contributed by atoms with Crippen LogP contribution in [-0.2, 0) is 9.59 Å². The van der Waals surface area contributed by atoms with Crippen molar-refractivity contribution in [2.75, 3.05) is 26.6 Å². The van der Waals surface area contributed by atoms with Crippen molar-refractivity contribution in [1.82, 2.24) is 4.90 Å². The van der Waals surface area contributed by atoms with Crippen molar-refractivity contribution in [2.45, 2.75) is 0 Å². The van der Waals surface area contributed by atoms with Gasteiger partial charge in [0.15, 0.2) is 0 Å². The summed E-state index contributed by atoms with van der Waals surface area (Å²) >= 11 is 0. The number of ether oxygens (including phenoxy) is 2. The number of anilines is 1. The molecule has 1 aliphatic rings. The number of imide groups is 1. The van der Waals surface area contributed by atoms with E-state index in [1.807, 2.05) is 0 Å². The van der Waals surface area contributed by atoms with E-state index in [0.29, 0.717) is 22.7 Å². The Balaban J connectivity index is 2.08. The standard InChI is InChI=1S/C19H17FN2O4/c1-22-18(23)16(11-4-6-12(20)7-5-11)17(19(22)24)21-14-9-8-13(25-2)10-15(14)26-3/h4-10,21H,1-3H3. The molecule has 0 saturated carbocycles. The molecule has 2 aromatic carbocycles. The summed E-state index contributed by atoms with van der Waals surface area (Å²) in [5, 5.41) is 2.98. The number of carbonyl (C=O) groups is 2. The van der Waals surface area contributed by atoms with Crippen LogP contribution in [0.2, 0.25) is 0 Å². The average Bonchev–Trinajstić information content (AvgIpc) is 2.87. The SMILES string of the molecule is COc1ccc(NC2=C(c3ccc(F)cc3)C(=O)N(C)C2=O)c(OC)c1. The molecule has 0 radical (unpaired) electrons. The number of nitrogens with zero attached hydrogens (tertiary/aromatic N) is 1. The van der Waals surface area contributed by atoms with Crippen LogP contribution in [-0.4, -0.2) is 38.0 Å². The van der Waals surface area contributed by atoms with E-state index in [1.54, 1.807) is 18.2 Å². The summed E-state index contributed by atoms with van der Waals surface area (Å²) in [6.45, 7) is 0. The van der Waals surface area contributed by atoms with Crippen molar-refractivity contribution in [1.29, 1.82) is 0 Å². The van der Waals surface area contributed by atoms with Crippen LogP contribution >= 0.6 is 0 Å². The molecule has 0 saturated heterocycles.